The minimum atomic E-state index is -4.67. The maximum absolute atomic E-state index is 12.3. The molecular weight excluding hydrogens is 315 g/mol. The van der Waals surface area contributed by atoms with E-state index in [1.54, 1.807) is 6.07 Å². The Bertz CT molecular complexity index is 535. The van der Waals surface area contributed by atoms with Crippen molar-refractivity contribution < 1.29 is 17.9 Å². The van der Waals surface area contributed by atoms with Crippen LogP contribution in [0.5, 0.6) is 5.75 Å². The molecule has 22 heavy (non-hydrogen) atoms. The summed E-state index contributed by atoms with van der Waals surface area (Å²) in [7, 11) is 0. The number of rotatable bonds is 4. The van der Waals surface area contributed by atoms with Crippen LogP contribution in [0.4, 0.5) is 18.9 Å². The number of thioether (sulfide) groups is 1. The summed E-state index contributed by atoms with van der Waals surface area (Å²) in [4.78, 5) is 5.15. The minimum Gasteiger partial charge on any atom is -0.406 e. The van der Waals surface area contributed by atoms with Gasteiger partial charge in [-0.2, -0.15) is 0 Å². The Kier molecular flexibility index (Phi) is 4.42. The fourth-order valence-electron chi connectivity index (χ4n) is 2.86. The van der Waals surface area contributed by atoms with Gasteiger partial charge in [0.05, 0.1) is 5.69 Å². The Balaban J connectivity index is 1.68. The van der Waals surface area contributed by atoms with Gasteiger partial charge >= 0.3 is 6.36 Å². The van der Waals surface area contributed by atoms with Crippen molar-refractivity contribution in [1.29, 1.82) is 0 Å². The van der Waals surface area contributed by atoms with Crippen LogP contribution >= 0.6 is 11.8 Å². The molecule has 8 heteroatoms. The Hall–Kier alpha value is -1.12. The molecule has 2 aliphatic heterocycles. The molecule has 1 atom stereocenters. The number of fused-ring (bicyclic) bond motifs is 1. The summed E-state index contributed by atoms with van der Waals surface area (Å²) in [6, 6.07) is 4.40. The van der Waals surface area contributed by atoms with Gasteiger partial charge in [0.25, 0.3) is 0 Å². The lowest BCUT2D eigenvalue weighted by Gasteiger charge is -2.26. The van der Waals surface area contributed by atoms with Gasteiger partial charge in [0.15, 0.2) is 0 Å². The fraction of sp³-hybridized carbons (Fsp3) is 0.571. The Labute approximate surface area is 131 Å². The molecule has 2 aliphatic rings. The zero-order valence-corrected chi connectivity index (χ0v) is 12.8. The summed E-state index contributed by atoms with van der Waals surface area (Å²) in [5, 5.41) is 0. The standard InChI is InChI=1S/C14H18F3N3OS/c15-14(16,17)21-10-3-4-11-12(9-10)22-13(18)20(11)8-7-19-5-1-2-6-19/h3-4,9,13H,1-2,5-8,18H2. The summed E-state index contributed by atoms with van der Waals surface area (Å²) < 4.78 is 40.8. The second kappa shape index (κ2) is 6.17. The molecule has 4 nitrogen and oxygen atoms in total. The van der Waals surface area contributed by atoms with Gasteiger partial charge in [0, 0.05) is 18.0 Å². The Morgan fingerprint density at radius 2 is 1.95 bits per heavy atom. The van der Waals surface area contributed by atoms with Gasteiger partial charge in [0.1, 0.15) is 11.2 Å². The van der Waals surface area contributed by atoms with Crippen LogP contribution in [0.15, 0.2) is 23.1 Å². The van der Waals surface area contributed by atoms with E-state index in [1.807, 2.05) is 4.90 Å². The average Bonchev–Trinajstić information content (AvgIpc) is 3.01. The van der Waals surface area contributed by atoms with Gasteiger partial charge in [-0.15, -0.1) is 13.2 Å². The number of nitrogens with two attached hydrogens (primary N) is 1. The van der Waals surface area contributed by atoms with E-state index in [4.69, 9.17) is 5.73 Å². The number of anilines is 1. The first-order valence-electron chi connectivity index (χ1n) is 7.23. The molecule has 0 aliphatic carbocycles. The van der Waals surface area contributed by atoms with Crippen molar-refractivity contribution in [2.45, 2.75) is 29.6 Å². The van der Waals surface area contributed by atoms with E-state index < -0.39 is 6.36 Å². The largest absolute Gasteiger partial charge is 0.573 e. The zero-order chi connectivity index (χ0) is 15.7. The Morgan fingerprint density at radius 1 is 1.23 bits per heavy atom. The molecule has 3 rings (SSSR count). The topological polar surface area (TPSA) is 41.7 Å². The number of alkyl halides is 3. The summed E-state index contributed by atoms with van der Waals surface area (Å²) in [5.41, 5.74) is 6.71. The average molecular weight is 333 g/mol. The molecule has 0 amide bonds. The number of hydrogen-bond acceptors (Lipinski definition) is 5. The van der Waals surface area contributed by atoms with Gasteiger partial charge in [-0.25, -0.2) is 0 Å². The summed E-state index contributed by atoms with van der Waals surface area (Å²) >= 11 is 1.36. The molecule has 122 valence electrons. The quantitative estimate of drug-likeness (QED) is 0.918. The molecular formula is C14H18F3N3OS. The number of likely N-dealkylation sites (tertiary alicyclic amines) is 1. The molecule has 0 radical (unpaired) electrons. The van der Waals surface area contributed by atoms with Gasteiger partial charge < -0.3 is 20.3 Å². The normalized spacial score (nSPS) is 22.2. The molecule has 1 unspecified atom stereocenters. The van der Waals surface area contributed by atoms with Crippen molar-refractivity contribution in [3.05, 3.63) is 18.2 Å². The number of hydrogen-bond donors (Lipinski definition) is 1. The van der Waals surface area contributed by atoms with Crippen LogP contribution in [0.25, 0.3) is 0 Å². The lowest BCUT2D eigenvalue weighted by Crippen LogP contribution is -2.41. The number of nitrogens with zero attached hydrogens (tertiary/aromatic N) is 2. The molecule has 1 fully saturated rings. The highest BCUT2D eigenvalue weighted by Crippen LogP contribution is 2.43. The third-order valence-electron chi connectivity index (χ3n) is 3.88. The maximum atomic E-state index is 12.3. The Morgan fingerprint density at radius 3 is 2.64 bits per heavy atom. The second-order valence-corrected chi connectivity index (χ2v) is 6.59. The van der Waals surface area contributed by atoms with Crippen LogP contribution in [0, 0.1) is 0 Å². The molecule has 2 N–H and O–H groups in total. The van der Waals surface area contributed by atoms with Crippen LogP contribution < -0.4 is 15.4 Å². The second-order valence-electron chi connectivity index (χ2n) is 5.43. The van der Waals surface area contributed by atoms with Crippen molar-refractivity contribution in [2.75, 3.05) is 31.1 Å². The number of ether oxygens (including phenoxy) is 1. The summed E-state index contributed by atoms with van der Waals surface area (Å²) in [6.45, 7) is 3.93. The smallest absolute Gasteiger partial charge is 0.406 e. The van der Waals surface area contributed by atoms with E-state index in [-0.39, 0.29) is 11.2 Å². The van der Waals surface area contributed by atoms with Gasteiger partial charge in [-0.1, -0.05) is 11.8 Å². The molecule has 0 bridgehead atoms. The first kappa shape index (κ1) is 15.8. The maximum Gasteiger partial charge on any atom is 0.573 e. The van der Waals surface area contributed by atoms with Crippen LogP contribution in [0.1, 0.15) is 12.8 Å². The monoisotopic (exact) mass is 333 g/mol. The van der Waals surface area contributed by atoms with Gasteiger partial charge in [-0.3, -0.25) is 0 Å². The van der Waals surface area contributed by atoms with E-state index in [2.05, 4.69) is 9.64 Å². The van der Waals surface area contributed by atoms with E-state index >= 15 is 0 Å². The molecule has 0 saturated carbocycles. The third kappa shape index (κ3) is 3.61. The van der Waals surface area contributed by atoms with E-state index in [0.717, 1.165) is 36.8 Å². The highest BCUT2D eigenvalue weighted by atomic mass is 32.2. The van der Waals surface area contributed by atoms with Gasteiger partial charge in [-0.05, 0) is 44.1 Å². The summed E-state index contributed by atoms with van der Waals surface area (Å²) in [6.07, 6.45) is -2.21. The lowest BCUT2D eigenvalue weighted by atomic mass is 10.2. The predicted octanol–water partition coefficient (Wildman–Crippen LogP) is 2.84. The van der Waals surface area contributed by atoms with Crippen molar-refractivity contribution in [3.8, 4) is 5.75 Å². The third-order valence-corrected chi connectivity index (χ3v) is 4.96. The zero-order valence-electron chi connectivity index (χ0n) is 12.0. The van der Waals surface area contributed by atoms with Crippen LogP contribution in [0.2, 0.25) is 0 Å². The molecule has 2 heterocycles. The van der Waals surface area contributed by atoms with E-state index in [1.165, 1.54) is 36.7 Å². The first-order valence-corrected chi connectivity index (χ1v) is 8.11. The molecule has 1 saturated heterocycles. The highest BCUT2D eigenvalue weighted by molar-refractivity contribution is 8.00. The summed E-state index contributed by atoms with van der Waals surface area (Å²) in [5.74, 6) is -0.202. The van der Waals surface area contributed by atoms with Crippen molar-refractivity contribution in [3.63, 3.8) is 0 Å². The number of halogens is 3. The van der Waals surface area contributed by atoms with Crippen LogP contribution in [0.3, 0.4) is 0 Å². The van der Waals surface area contributed by atoms with Gasteiger partial charge in [0.2, 0.25) is 0 Å². The lowest BCUT2D eigenvalue weighted by molar-refractivity contribution is -0.274. The van der Waals surface area contributed by atoms with Crippen molar-refractivity contribution in [1.82, 2.24) is 4.90 Å². The molecule has 0 aromatic heterocycles. The number of benzene rings is 1. The fourth-order valence-corrected chi connectivity index (χ4v) is 3.95. The van der Waals surface area contributed by atoms with E-state index in [0.29, 0.717) is 0 Å². The molecule has 1 aromatic rings. The molecule has 1 aromatic carbocycles. The van der Waals surface area contributed by atoms with E-state index in [9.17, 15) is 13.2 Å². The van der Waals surface area contributed by atoms with Crippen LogP contribution in [-0.4, -0.2) is 42.9 Å². The first-order chi connectivity index (χ1) is 10.4. The highest BCUT2D eigenvalue weighted by Gasteiger charge is 2.33. The van der Waals surface area contributed by atoms with Crippen LogP contribution in [-0.2, 0) is 0 Å². The minimum absolute atomic E-state index is 0.202. The predicted molar refractivity (Wildman–Crippen MR) is 80.0 cm³/mol. The van der Waals surface area contributed by atoms with Crippen molar-refractivity contribution >= 4 is 17.4 Å². The molecule has 0 spiro atoms. The van der Waals surface area contributed by atoms with Crippen molar-refractivity contribution in [2.24, 2.45) is 5.73 Å². The SMILES string of the molecule is NC1Sc2cc(OC(F)(F)F)ccc2N1CCN1CCCC1.